The van der Waals surface area contributed by atoms with E-state index in [1.165, 1.54) is 22.9 Å². The molecule has 0 atom stereocenters. The number of nitrogens with one attached hydrogen (secondary N) is 2. The van der Waals surface area contributed by atoms with Crippen molar-refractivity contribution in [1.82, 2.24) is 24.9 Å². The number of fused-ring (bicyclic) bond motifs is 2. The largest absolute Gasteiger partial charge is 0.348 e. The second-order valence-corrected chi connectivity index (χ2v) is 8.89. The third-order valence-corrected chi connectivity index (χ3v) is 6.87. The fourth-order valence-electron chi connectivity index (χ4n) is 5.43. The van der Waals surface area contributed by atoms with Gasteiger partial charge in [-0.3, -0.25) is 14.0 Å². The number of halogens is 1. The molecule has 1 aromatic carbocycles. The standard InChI is InChI=1S/C23H20FN5O2/c24-14-5-6-19-25-11-18(29(19)12-14)22(31)26-15-9-23(10-15)7-13(8-23)20-16-3-1-2-4-17(16)21(30)28-27-20/h1-6,11-13,15H,7-10H2,(H,26,31)(H,28,30). The summed E-state index contributed by atoms with van der Waals surface area (Å²) >= 11 is 0. The number of benzene rings is 1. The van der Waals surface area contributed by atoms with Gasteiger partial charge in [-0.05, 0) is 49.3 Å². The van der Waals surface area contributed by atoms with Crippen molar-refractivity contribution < 1.29 is 9.18 Å². The smallest absolute Gasteiger partial charge is 0.272 e. The maximum Gasteiger partial charge on any atom is 0.272 e. The molecule has 0 saturated heterocycles. The van der Waals surface area contributed by atoms with Crippen LogP contribution in [0.3, 0.4) is 0 Å². The first-order valence-electron chi connectivity index (χ1n) is 10.4. The third-order valence-electron chi connectivity index (χ3n) is 6.87. The fraction of sp³-hybridized carbons (Fsp3) is 0.304. The lowest BCUT2D eigenvalue weighted by Crippen LogP contribution is -2.55. The molecule has 7 nitrogen and oxygen atoms in total. The van der Waals surface area contributed by atoms with Crippen LogP contribution in [0, 0.1) is 11.2 Å². The maximum absolute atomic E-state index is 13.5. The molecule has 1 amide bonds. The van der Waals surface area contributed by atoms with E-state index in [0.717, 1.165) is 36.8 Å². The number of aromatic amines is 1. The molecule has 0 bridgehead atoms. The van der Waals surface area contributed by atoms with Gasteiger partial charge >= 0.3 is 0 Å². The minimum atomic E-state index is -0.411. The lowest BCUT2D eigenvalue weighted by atomic mass is 9.49. The van der Waals surface area contributed by atoms with Gasteiger partial charge in [0, 0.05) is 23.5 Å². The van der Waals surface area contributed by atoms with Crippen LogP contribution < -0.4 is 10.9 Å². The normalized spacial score (nSPS) is 24.8. The highest BCUT2D eigenvalue weighted by atomic mass is 19.1. The van der Waals surface area contributed by atoms with Gasteiger partial charge in [0.2, 0.25) is 0 Å². The first kappa shape index (κ1) is 18.2. The molecular weight excluding hydrogens is 397 g/mol. The first-order valence-corrected chi connectivity index (χ1v) is 10.4. The molecule has 6 rings (SSSR count). The average molecular weight is 417 g/mol. The van der Waals surface area contributed by atoms with Gasteiger partial charge in [0.25, 0.3) is 11.5 Å². The van der Waals surface area contributed by atoms with Gasteiger partial charge in [-0.2, -0.15) is 5.10 Å². The molecule has 3 aromatic heterocycles. The summed E-state index contributed by atoms with van der Waals surface area (Å²) in [6.07, 6.45) is 6.60. The zero-order valence-corrected chi connectivity index (χ0v) is 16.6. The Morgan fingerprint density at radius 2 is 1.90 bits per heavy atom. The number of hydrogen-bond donors (Lipinski definition) is 2. The number of pyridine rings is 1. The monoisotopic (exact) mass is 417 g/mol. The topological polar surface area (TPSA) is 92.1 Å². The second kappa shape index (κ2) is 6.47. The SMILES string of the molecule is O=C(NC1CC2(C1)CC(c1n[nH]c(=O)c3ccccc13)C2)c1cnc2ccc(F)cn12. The number of H-pyrrole nitrogens is 1. The van der Waals surface area contributed by atoms with Crippen LogP contribution >= 0.6 is 0 Å². The lowest BCUT2D eigenvalue weighted by molar-refractivity contribution is -0.0197. The first-order chi connectivity index (χ1) is 15.0. The summed E-state index contributed by atoms with van der Waals surface area (Å²) in [6, 6.07) is 10.6. The molecule has 156 valence electrons. The summed E-state index contributed by atoms with van der Waals surface area (Å²) in [4.78, 5) is 28.9. The number of imidazole rings is 1. The van der Waals surface area contributed by atoms with Crippen molar-refractivity contribution in [3.05, 3.63) is 76.4 Å². The molecule has 2 fully saturated rings. The number of rotatable bonds is 3. The predicted octanol–water partition coefficient (Wildman–Crippen LogP) is 3.17. The van der Waals surface area contributed by atoms with Crippen molar-refractivity contribution in [3.63, 3.8) is 0 Å². The molecule has 1 spiro atoms. The highest BCUT2D eigenvalue weighted by Crippen LogP contribution is 2.62. The van der Waals surface area contributed by atoms with Crippen LogP contribution in [0.1, 0.15) is 47.8 Å². The van der Waals surface area contributed by atoms with Gasteiger partial charge in [-0.1, -0.05) is 18.2 Å². The Morgan fingerprint density at radius 3 is 2.71 bits per heavy atom. The van der Waals surface area contributed by atoms with E-state index in [1.807, 2.05) is 24.3 Å². The summed E-state index contributed by atoms with van der Waals surface area (Å²) in [5.74, 6) is -0.326. The van der Waals surface area contributed by atoms with E-state index >= 15 is 0 Å². The Morgan fingerprint density at radius 1 is 1.13 bits per heavy atom. The van der Waals surface area contributed by atoms with Crippen LogP contribution in [0.2, 0.25) is 0 Å². The van der Waals surface area contributed by atoms with Gasteiger partial charge in [0.1, 0.15) is 17.2 Å². The van der Waals surface area contributed by atoms with Gasteiger partial charge < -0.3 is 5.32 Å². The van der Waals surface area contributed by atoms with Gasteiger partial charge in [-0.25, -0.2) is 14.5 Å². The maximum atomic E-state index is 13.5. The number of nitrogens with zero attached hydrogens (tertiary/aromatic N) is 3. The molecule has 2 aliphatic carbocycles. The van der Waals surface area contributed by atoms with Crippen molar-refractivity contribution in [2.24, 2.45) is 5.41 Å². The van der Waals surface area contributed by atoms with E-state index in [1.54, 1.807) is 6.07 Å². The average Bonchev–Trinajstić information content (AvgIpc) is 3.13. The van der Waals surface area contributed by atoms with E-state index in [9.17, 15) is 14.0 Å². The van der Waals surface area contributed by atoms with Crippen LogP contribution in [0.15, 0.2) is 53.6 Å². The van der Waals surface area contributed by atoms with Crippen LogP contribution in [-0.4, -0.2) is 31.5 Å². The Kier molecular flexibility index (Phi) is 3.81. The van der Waals surface area contributed by atoms with E-state index in [4.69, 9.17) is 0 Å². The second-order valence-electron chi connectivity index (χ2n) is 8.89. The summed E-state index contributed by atoms with van der Waals surface area (Å²) in [5, 5.41) is 11.6. The van der Waals surface area contributed by atoms with Crippen molar-refractivity contribution >= 4 is 22.3 Å². The lowest BCUT2D eigenvalue weighted by Gasteiger charge is -2.57. The molecule has 2 aliphatic rings. The molecule has 31 heavy (non-hydrogen) atoms. The molecule has 8 heteroatoms. The van der Waals surface area contributed by atoms with Crippen LogP contribution in [0.25, 0.3) is 16.4 Å². The molecule has 0 radical (unpaired) electrons. The molecule has 0 unspecified atom stereocenters. The summed E-state index contributed by atoms with van der Waals surface area (Å²) < 4.78 is 15.0. The van der Waals surface area contributed by atoms with Crippen LogP contribution in [0.4, 0.5) is 4.39 Å². The van der Waals surface area contributed by atoms with Crippen molar-refractivity contribution in [1.29, 1.82) is 0 Å². The number of hydrogen-bond acceptors (Lipinski definition) is 4. The summed E-state index contributed by atoms with van der Waals surface area (Å²) in [6.45, 7) is 0. The van der Waals surface area contributed by atoms with Gasteiger partial charge in [0.05, 0.1) is 17.3 Å². The third kappa shape index (κ3) is 2.85. The molecular formula is C23H20FN5O2. The Hall–Kier alpha value is -3.55. The van der Waals surface area contributed by atoms with E-state index < -0.39 is 5.82 Å². The minimum absolute atomic E-state index is 0.104. The summed E-state index contributed by atoms with van der Waals surface area (Å²) in [5.41, 5.74) is 1.91. The molecule has 3 heterocycles. The van der Waals surface area contributed by atoms with Crippen LogP contribution in [-0.2, 0) is 0 Å². The number of amides is 1. The van der Waals surface area contributed by atoms with Gasteiger partial charge in [0.15, 0.2) is 0 Å². The zero-order chi connectivity index (χ0) is 21.2. The van der Waals surface area contributed by atoms with Crippen molar-refractivity contribution in [3.8, 4) is 0 Å². The molecule has 0 aliphatic heterocycles. The summed E-state index contributed by atoms with van der Waals surface area (Å²) in [7, 11) is 0. The highest BCUT2D eigenvalue weighted by Gasteiger charge is 2.54. The Balaban J connectivity index is 1.12. The van der Waals surface area contributed by atoms with Crippen molar-refractivity contribution in [2.45, 2.75) is 37.6 Å². The highest BCUT2D eigenvalue weighted by molar-refractivity contribution is 5.93. The molecule has 2 N–H and O–H groups in total. The van der Waals surface area contributed by atoms with E-state index in [-0.39, 0.29) is 22.9 Å². The number of aromatic nitrogens is 4. The number of carbonyl (C=O) groups excluding carboxylic acids is 1. The van der Waals surface area contributed by atoms with E-state index in [0.29, 0.717) is 22.6 Å². The Bertz CT molecular complexity index is 1390. The quantitative estimate of drug-likeness (QED) is 0.536. The number of carbonyl (C=O) groups is 1. The molecule has 4 aromatic rings. The fourth-order valence-corrected chi connectivity index (χ4v) is 5.43. The predicted molar refractivity (Wildman–Crippen MR) is 112 cm³/mol. The zero-order valence-electron chi connectivity index (χ0n) is 16.6. The Labute approximate surface area is 176 Å². The van der Waals surface area contributed by atoms with E-state index in [2.05, 4.69) is 20.5 Å². The molecule has 2 saturated carbocycles. The van der Waals surface area contributed by atoms with Crippen LogP contribution in [0.5, 0.6) is 0 Å². The van der Waals surface area contributed by atoms with Crippen molar-refractivity contribution in [2.75, 3.05) is 0 Å². The minimum Gasteiger partial charge on any atom is -0.348 e. The van der Waals surface area contributed by atoms with Gasteiger partial charge in [-0.15, -0.1) is 0 Å².